The number of aromatic nitrogens is 1. The number of carbonyl (C=O) groups excluding carboxylic acids is 1. The Labute approximate surface area is 103 Å². The highest BCUT2D eigenvalue weighted by atomic mass is 16.1. The normalized spacial score (nSPS) is 11.2. The van der Waals surface area contributed by atoms with Crippen LogP contribution in [0.5, 0.6) is 0 Å². The highest BCUT2D eigenvalue weighted by molar-refractivity contribution is 5.99. The number of pyridine rings is 1. The van der Waals surface area contributed by atoms with Crippen molar-refractivity contribution >= 4 is 11.6 Å². The Hall–Kier alpha value is -1.58. The summed E-state index contributed by atoms with van der Waals surface area (Å²) < 4.78 is 0. The topological polar surface area (TPSA) is 68.0 Å². The first-order chi connectivity index (χ1) is 8.08. The van der Waals surface area contributed by atoms with Crippen LogP contribution in [0.25, 0.3) is 0 Å². The number of carbonyl (C=O) groups is 1. The standard InChI is InChI=1S/C13H21N3O/c1-4-13(5-2,6-3)16-12(17)10-9-15-8-7-11(10)14/h7-9H,4-6H2,1-3H3,(H2,14,15)(H,16,17). The number of anilines is 1. The van der Waals surface area contributed by atoms with Crippen LogP contribution in [0.15, 0.2) is 18.5 Å². The molecule has 1 aromatic rings. The van der Waals surface area contributed by atoms with Gasteiger partial charge in [0.1, 0.15) is 0 Å². The van der Waals surface area contributed by atoms with Gasteiger partial charge in [0, 0.05) is 23.6 Å². The molecule has 0 atom stereocenters. The lowest BCUT2D eigenvalue weighted by Crippen LogP contribution is -2.47. The average molecular weight is 235 g/mol. The Balaban J connectivity index is 2.89. The first-order valence-electron chi connectivity index (χ1n) is 6.10. The highest BCUT2D eigenvalue weighted by Gasteiger charge is 2.26. The second kappa shape index (κ2) is 5.66. The molecule has 1 heterocycles. The molecule has 4 nitrogen and oxygen atoms in total. The molecule has 0 saturated carbocycles. The van der Waals surface area contributed by atoms with E-state index >= 15 is 0 Å². The van der Waals surface area contributed by atoms with Gasteiger partial charge in [0.05, 0.1) is 5.56 Å². The monoisotopic (exact) mass is 235 g/mol. The first-order valence-corrected chi connectivity index (χ1v) is 6.10. The molecule has 0 bridgehead atoms. The third kappa shape index (κ3) is 2.96. The predicted octanol–water partition coefficient (Wildman–Crippen LogP) is 2.36. The van der Waals surface area contributed by atoms with Gasteiger partial charge in [-0.05, 0) is 25.3 Å². The maximum absolute atomic E-state index is 12.1. The Kier molecular flexibility index (Phi) is 4.49. The maximum atomic E-state index is 12.1. The van der Waals surface area contributed by atoms with Crippen LogP contribution in [-0.4, -0.2) is 16.4 Å². The largest absolute Gasteiger partial charge is 0.398 e. The second-order valence-corrected chi connectivity index (χ2v) is 4.26. The zero-order valence-electron chi connectivity index (χ0n) is 10.8. The van der Waals surface area contributed by atoms with Gasteiger partial charge in [0.2, 0.25) is 0 Å². The summed E-state index contributed by atoms with van der Waals surface area (Å²) in [6, 6.07) is 1.64. The molecule has 0 aromatic carbocycles. The third-order valence-corrected chi connectivity index (χ3v) is 3.51. The molecule has 0 saturated heterocycles. The van der Waals surface area contributed by atoms with E-state index in [4.69, 9.17) is 5.73 Å². The lowest BCUT2D eigenvalue weighted by Gasteiger charge is -2.31. The van der Waals surface area contributed by atoms with E-state index in [0.29, 0.717) is 11.3 Å². The molecular weight excluding hydrogens is 214 g/mol. The summed E-state index contributed by atoms with van der Waals surface area (Å²) in [5, 5.41) is 3.08. The number of nitrogens with one attached hydrogen (secondary N) is 1. The van der Waals surface area contributed by atoms with Crippen LogP contribution in [0, 0.1) is 0 Å². The van der Waals surface area contributed by atoms with Gasteiger partial charge in [-0.3, -0.25) is 9.78 Å². The first kappa shape index (κ1) is 13.5. The number of nitrogen functional groups attached to an aromatic ring is 1. The molecule has 0 aliphatic carbocycles. The van der Waals surface area contributed by atoms with Gasteiger partial charge in [-0.2, -0.15) is 0 Å². The van der Waals surface area contributed by atoms with Gasteiger partial charge in [0.25, 0.3) is 5.91 Å². The molecule has 1 aromatic heterocycles. The summed E-state index contributed by atoms with van der Waals surface area (Å²) >= 11 is 0. The maximum Gasteiger partial charge on any atom is 0.255 e. The minimum absolute atomic E-state index is 0.138. The van der Waals surface area contributed by atoms with Gasteiger partial charge < -0.3 is 11.1 Å². The number of hydrogen-bond donors (Lipinski definition) is 2. The summed E-state index contributed by atoms with van der Waals surface area (Å²) in [5.41, 5.74) is 6.54. The van der Waals surface area contributed by atoms with Crippen LogP contribution in [0.2, 0.25) is 0 Å². The van der Waals surface area contributed by atoms with Crippen molar-refractivity contribution in [3.8, 4) is 0 Å². The van der Waals surface area contributed by atoms with Crippen LogP contribution < -0.4 is 11.1 Å². The fourth-order valence-corrected chi connectivity index (χ4v) is 1.92. The quantitative estimate of drug-likeness (QED) is 0.823. The Morgan fingerprint density at radius 2 is 1.94 bits per heavy atom. The van der Waals surface area contributed by atoms with E-state index in [9.17, 15) is 4.79 Å². The van der Waals surface area contributed by atoms with Crippen molar-refractivity contribution in [2.24, 2.45) is 0 Å². The van der Waals surface area contributed by atoms with Crippen molar-refractivity contribution < 1.29 is 4.79 Å². The van der Waals surface area contributed by atoms with E-state index in [-0.39, 0.29) is 11.4 Å². The van der Waals surface area contributed by atoms with E-state index in [1.165, 1.54) is 6.20 Å². The number of rotatable bonds is 5. The van der Waals surface area contributed by atoms with Crippen molar-refractivity contribution in [2.75, 3.05) is 5.73 Å². The second-order valence-electron chi connectivity index (χ2n) is 4.26. The molecule has 1 rings (SSSR count). The van der Waals surface area contributed by atoms with Crippen molar-refractivity contribution in [3.05, 3.63) is 24.0 Å². The molecule has 0 spiro atoms. The lowest BCUT2D eigenvalue weighted by molar-refractivity contribution is 0.0889. The third-order valence-electron chi connectivity index (χ3n) is 3.51. The minimum Gasteiger partial charge on any atom is -0.398 e. The molecule has 0 aliphatic rings. The molecular formula is C13H21N3O. The molecule has 4 heteroatoms. The summed E-state index contributed by atoms with van der Waals surface area (Å²) in [6.07, 6.45) is 5.82. The van der Waals surface area contributed by atoms with Crippen molar-refractivity contribution in [2.45, 2.75) is 45.6 Å². The van der Waals surface area contributed by atoms with Gasteiger partial charge in [-0.1, -0.05) is 20.8 Å². The van der Waals surface area contributed by atoms with Crippen LogP contribution in [-0.2, 0) is 0 Å². The van der Waals surface area contributed by atoms with E-state index in [0.717, 1.165) is 19.3 Å². The van der Waals surface area contributed by atoms with E-state index in [1.807, 2.05) is 0 Å². The zero-order valence-corrected chi connectivity index (χ0v) is 10.8. The Morgan fingerprint density at radius 3 is 2.41 bits per heavy atom. The van der Waals surface area contributed by atoms with Crippen LogP contribution >= 0.6 is 0 Å². The minimum atomic E-state index is -0.140. The van der Waals surface area contributed by atoms with E-state index < -0.39 is 0 Å². The Morgan fingerprint density at radius 1 is 1.35 bits per heavy atom. The smallest absolute Gasteiger partial charge is 0.255 e. The van der Waals surface area contributed by atoms with Crippen molar-refractivity contribution in [1.29, 1.82) is 0 Å². The van der Waals surface area contributed by atoms with Gasteiger partial charge in [0.15, 0.2) is 0 Å². The van der Waals surface area contributed by atoms with Gasteiger partial charge in [-0.25, -0.2) is 0 Å². The summed E-state index contributed by atoms with van der Waals surface area (Å²) in [5.74, 6) is -0.138. The van der Waals surface area contributed by atoms with Crippen molar-refractivity contribution in [3.63, 3.8) is 0 Å². The molecule has 0 radical (unpaired) electrons. The molecule has 94 valence electrons. The number of hydrogen-bond acceptors (Lipinski definition) is 3. The van der Waals surface area contributed by atoms with Crippen LogP contribution in [0.4, 0.5) is 5.69 Å². The summed E-state index contributed by atoms with van der Waals surface area (Å²) in [7, 11) is 0. The van der Waals surface area contributed by atoms with Crippen molar-refractivity contribution in [1.82, 2.24) is 10.3 Å². The molecule has 0 fully saturated rings. The van der Waals surface area contributed by atoms with E-state index in [1.54, 1.807) is 12.3 Å². The number of amides is 1. The zero-order chi connectivity index (χ0) is 12.9. The SMILES string of the molecule is CCC(CC)(CC)NC(=O)c1cnccc1N. The van der Waals surface area contributed by atoms with Gasteiger partial charge in [-0.15, -0.1) is 0 Å². The average Bonchev–Trinajstić information content (AvgIpc) is 2.36. The summed E-state index contributed by atoms with van der Waals surface area (Å²) in [4.78, 5) is 16.1. The molecule has 3 N–H and O–H groups in total. The number of nitrogens with two attached hydrogens (primary N) is 1. The number of nitrogens with zero attached hydrogens (tertiary/aromatic N) is 1. The fourth-order valence-electron chi connectivity index (χ4n) is 1.92. The Bertz CT molecular complexity index is 378. The predicted molar refractivity (Wildman–Crippen MR) is 69.7 cm³/mol. The summed E-state index contributed by atoms with van der Waals surface area (Å²) in [6.45, 7) is 6.25. The lowest BCUT2D eigenvalue weighted by atomic mass is 9.89. The molecule has 17 heavy (non-hydrogen) atoms. The van der Waals surface area contributed by atoms with Crippen LogP contribution in [0.1, 0.15) is 50.4 Å². The van der Waals surface area contributed by atoms with E-state index in [2.05, 4.69) is 31.1 Å². The van der Waals surface area contributed by atoms with Crippen LogP contribution in [0.3, 0.4) is 0 Å². The van der Waals surface area contributed by atoms with Gasteiger partial charge >= 0.3 is 0 Å². The molecule has 1 amide bonds. The highest BCUT2D eigenvalue weighted by Crippen LogP contribution is 2.20. The molecule has 0 aliphatic heterocycles. The molecule has 0 unspecified atom stereocenters. The fraction of sp³-hybridized carbons (Fsp3) is 0.538.